The van der Waals surface area contributed by atoms with Gasteiger partial charge in [-0.15, -0.1) is 0 Å². The standard InChI is InChI=1S/C22H34/c1-9-17(3)11-13-19(5)21(7)15-16-22(8)20(6)14-12-18(4)10-2/h11,13,15-16,18,20H,3,5,7-10,12,14H2,1-2,4,6H3/b13-11-,16-15-. The second-order valence-electron chi connectivity index (χ2n) is 6.30. The van der Waals surface area contributed by atoms with Crippen LogP contribution in [-0.2, 0) is 0 Å². The molecule has 0 aliphatic rings. The average molecular weight is 299 g/mol. The molecule has 0 nitrogen and oxygen atoms in total. The fourth-order valence-corrected chi connectivity index (χ4v) is 1.85. The molecule has 0 heterocycles. The van der Waals surface area contributed by atoms with E-state index in [9.17, 15) is 0 Å². The van der Waals surface area contributed by atoms with Crippen molar-refractivity contribution in [3.05, 3.63) is 72.9 Å². The molecule has 22 heavy (non-hydrogen) atoms. The molecular weight excluding hydrogens is 264 g/mol. The predicted molar refractivity (Wildman–Crippen MR) is 103 cm³/mol. The van der Waals surface area contributed by atoms with E-state index in [1.165, 1.54) is 24.8 Å². The normalized spacial score (nSPS) is 14.2. The van der Waals surface area contributed by atoms with Crippen LogP contribution in [0.25, 0.3) is 0 Å². The molecule has 0 saturated carbocycles. The van der Waals surface area contributed by atoms with Gasteiger partial charge in [0.25, 0.3) is 0 Å². The molecule has 0 aromatic carbocycles. The molecule has 0 rings (SSSR count). The van der Waals surface area contributed by atoms with Crippen LogP contribution in [0.5, 0.6) is 0 Å². The highest BCUT2D eigenvalue weighted by Gasteiger charge is 2.07. The van der Waals surface area contributed by atoms with E-state index in [0.29, 0.717) is 5.92 Å². The number of allylic oxidation sites excluding steroid dienone is 8. The minimum Gasteiger partial charge on any atom is -0.0958 e. The maximum absolute atomic E-state index is 4.19. The molecule has 0 bridgehead atoms. The first kappa shape index (κ1) is 20.4. The van der Waals surface area contributed by atoms with E-state index in [0.717, 1.165) is 29.1 Å². The molecule has 122 valence electrons. The van der Waals surface area contributed by atoms with Gasteiger partial charge in [0.2, 0.25) is 0 Å². The first-order valence-corrected chi connectivity index (χ1v) is 8.42. The largest absolute Gasteiger partial charge is 0.0958 e. The smallest absolute Gasteiger partial charge is 0.0196 e. The van der Waals surface area contributed by atoms with Crippen LogP contribution in [-0.4, -0.2) is 0 Å². The molecule has 0 aromatic rings. The first-order valence-electron chi connectivity index (χ1n) is 8.42. The quantitative estimate of drug-likeness (QED) is 0.354. The van der Waals surface area contributed by atoms with Gasteiger partial charge in [-0.3, -0.25) is 0 Å². The molecule has 0 fully saturated rings. The highest BCUT2D eigenvalue weighted by atomic mass is 14.1. The van der Waals surface area contributed by atoms with Gasteiger partial charge in [-0.1, -0.05) is 102 Å². The van der Waals surface area contributed by atoms with Crippen LogP contribution < -0.4 is 0 Å². The number of hydrogen-bond acceptors (Lipinski definition) is 0. The van der Waals surface area contributed by atoms with E-state index in [4.69, 9.17) is 0 Å². The van der Waals surface area contributed by atoms with Gasteiger partial charge >= 0.3 is 0 Å². The minimum atomic E-state index is 0.515. The van der Waals surface area contributed by atoms with Gasteiger partial charge in [0, 0.05) is 0 Å². The van der Waals surface area contributed by atoms with E-state index in [1.807, 2.05) is 18.2 Å². The molecular formula is C22H34. The van der Waals surface area contributed by atoms with E-state index in [1.54, 1.807) is 0 Å². The van der Waals surface area contributed by atoms with Crippen molar-refractivity contribution >= 4 is 0 Å². The summed E-state index contributed by atoms with van der Waals surface area (Å²) in [6.45, 7) is 25.2. The summed E-state index contributed by atoms with van der Waals surface area (Å²) < 4.78 is 0. The monoisotopic (exact) mass is 298 g/mol. The summed E-state index contributed by atoms with van der Waals surface area (Å²) in [6, 6.07) is 0. The van der Waals surface area contributed by atoms with Crippen molar-refractivity contribution in [2.75, 3.05) is 0 Å². The van der Waals surface area contributed by atoms with E-state index in [2.05, 4.69) is 60.1 Å². The van der Waals surface area contributed by atoms with Crippen LogP contribution in [0.1, 0.15) is 53.4 Å². The molecule has 0 aliphatic carbocycles. The summed E-state index contributed by atoms with van der Waals surface area (Å²) in [5, 5.41) is 0. The Balaban J connectivity index is 4.41. The van der Waals surface area contributed by atoms with Crippen LogP contribution in [0.3, 0.4) is 0 Å². The second-order valence-corrected chi connectivity index (χ2v) is 6.30. The van der Waals surface area contributed by atoms with E-state index < -0.39 is 0 Å². The molecule has 0 N–H and O–H groups in total. The third-order valence-electron chi connectivity index (χ3n) is 4.31. The Morgan fingerprint density at radius 2 is 1.36 bits per heavy atom. The van der Waals surface area contributed by atoms with E-state index >= 15 is 0 Å². The summed E-state index contributed by atoms with van der Waals surface area (Å²) in [5.74, 6) is 1.31. The summed E-state index contributed by atoms with van der Waals surface area (Å²) in [7, 11) is 0. The van der Waals surface area contributed by atoms with Crippen molar-refractivity contribution < 1.29 is 0 Å². The molecule has 0 aliphatic heterocycles. The van der Waals surface area contributed by atoms with Crippen LogP contribution in [0.4, 0.5) is 0 Å². The van der Waals surface area contributed by atoms with Crippen LogP contribution in [0.2, 0.25) is 0 Å². The Kier molecular flexibility index (Phi) is 10.3. The summed E-state index contributed by atoms with van der Waals surface area (Å²) >= 11 is 0. The van der Waals surface area contributed by atoms with Crippen molar-refractivity contribution in [2.45, 2.75) is 53.4 Å². The Morgan fingerprint density at radius 3 is 1.86 bits per heavy atom. The van der Waals surface area contributed by atoms with Gasteiger partial charge in [0.1, 0.15) is 0 Å². The van der Waals surface area contributed by atoms with Crippen LogP contribution in [0, 0.1) is 11.8 Å². The third-order valence-corrected chi connectivity index (χ3v) is 4.31. The lowest BCUT2D eigenvalue weighted by Crippen LogP contribution is -2.00. The zero-order chi connectivity index (χ0) is 17.1. The molecule has 0 amide bonds. The summed E-state index contributed by atoms with van der Waals surface area (Å²) in [4.78, 5) is 0. The molecule has 2 atom stereocenters. The van der Waals surface area contributed by atoms with Gasteiger partial charge in [-0.25, -0.2) is 0 Å². The van der Waals surface area contributed by atoms with Crippen molar-refractivity contribution in [3.8, 4) is 0 Å². The lowest BCUT2D eigenvalue weighted by Gasteiger charge is -2.14. The van der Waals surface area contributed by atoms with Gasteiger partial charge < -0.3 is 0 Å². The second kappa shape index (κ2) is 11.1. The average Bonchev–Trinajstić information content (AvgIpc) is 2.53. The van der Waals surface area contributed by atoms with Crippen molar-refractivity contribution in [1.82, 2.24) is 0 Å². The zero-order valence-corrected chi connectivity index (χ0v) is 15.1. The van der Waals surface area contributed by atoms with Crippen molar-refractivity contribution in [1.29, 1.82) is 0 Å². The zero-order valence-electron chi connectivity index (χ0n) is 15.1. The predicted octanol–water partition coefficient (Wildman–Crippen LogP) is 7.20. The van der Waals surface area contributed by atoms with Gasteiger partial charge in [0.15, 0.2) is 0 Å². The Bertz CT molecular complexity index is 456. The highest BCUT2D eigenvalue weighted by molar-refractivity contribution is 5.45. The fourth-order valence-electron chi connectivity index (χ4n) is 1.85. The molecule has 0 spiro atoms. The number of rotatable bonds is 11. The molecule has 0 heteroatoms. The summed E-state index contributed by atoms with van der Waals surface area (Å²) in [5.41, 5.74) is 4.11. The lowest BCUT2D eigenvalue weighted by atomic mass is 9.91. The van der Waals surface area contributed by atoms with E-state index in [-0.39, 0.29) is 0 Å². The lowest BCUT2D eigenvalue weighted by molar-refractivity contribution is 0.454. The minimum absolute atomic E-state index is 0.515. The van der Waals surface area contributed by atoms with Crippen LogP contribution >= 0.6 is 0 Å². The first-order chi connectivity index (χ1) is 10.3. The Labute approximate surface area is 138 Å². The highest BCUT2D eigenvalue weighted by Crippen LogP contribution is 2.21. The molecule has 2 unspecified atom stereocenters. The SMILES string of the molecule is C=C(/C=C\C(=C)C(=C)/C=C\C(=C)C(C)CCC(C)CC)CC. The van der Waals surface area contributed by atoms with Crippen LogP contribution in [0.15, 0.2) is 72.9 Å². The topological polar surface area (TPSA) is 0 Å². The molecule has 0 radical (unpaired) electrons. The Morgan fingerprint density at radius 1 is 0.818 bits per heavy atom. The molecule has 0 aromatic heterocycles. The number of hydrogen-bond donors (Lipinski definition) is 0. The Hall–Kier alpha value is -1.56. The summed E-state index contributed by atoms with van der Waals surface area (Å²) in [6.07, 6.45) is 12.7. The maximum atomic E-state index is 4.19. The van der Waals surface area contributed by atoms with Gasteiger partial charge in [-0.05, 0) is 35.8 Å². The van der Waals surface area contributed by atoms with Crippen molar-refractivity contribution in [2.24, 2.45) is 11.8 Å². The fraction of sp³-hybridized carbons (Fsp3) is 0.455. The third kappa shape index (κ3) is 8.67. The van der Waals surface area contributed by atoms with Gasteiger partial charge in [0.05, 0.1) is 0 Å². The maximum Gasteiger partial charge on any atom is -0.0196 e. The van der Waals surface area contributed by atoms with Crippen molar-refractivity contribution in [3.63, 3.8) is 0 Å². The molecule has 0 saturated heterocycles. The van der Waals surface area contributed by atoms with Gasteiger partial charge in [-0.2, -0.15) is 0 Å².